The van der Waals surface area contributed by atoms with Crippen LogP contribution in [-0.4, -0.2) is 46.7 Å². The van der Waals surface area contributed by atoms with Crippen LogP contribution < -0.4 is 0 Å². The van der Waals surface area contributed by atoms with Crippen molar-refractivity contribution in [2.75, 3.05) is 20.1 Å². The van der Waals surface area contributed by atoms with Crippen molar-refractivity contribution in [2.45, 2.75) is 6.54 Å². The van der Waals surface area contributed by atoms with Crippen molar-refractivity contribution in [1.29, 1.82) is 0 Å². The minimum atomic E-state index is -0.0751. The maximum Gasteiger partial charge on any atom is 0.243 e. The van der Waals surface area contributed by atoms with Gasteiger partial charge in [-0.05, 0) is 12.1 Å². The first-order chi connectivity index (χ1) is 8.06. The fourth-order valence-corrected chi connectivity index (χ4v) is 1.82. The Morgan fingerprint density at radius 3 is 2.76 bits per heavy atom. The van der Waals surface area contributed by atoms with Crippen LogP contribution in [0.25, 0.3) is 0 Å². The van der Waals surface area contributed by atoms with Crippen molar-refractivity contribution in [1.82, 2.24) is 14.8 Å². The molecule has 0 unspecified atom stereocenters. The lowest BCUT2D eigenvalue weighted by Crippen LogP contribution is -2.51. The van der Waals surface area contributed by atoms with E-state index in [0.717, 1.165) is 0 Å². The molecule has 0 saturated carbocycles. The molecule has 2 heterocycles. The topological polar surface area (TPSA) is 53.5 Å². The minimum Gasteiger partial charge on any atom is -0.335 e. The van der Waals surface area contributed by atoms with Gasteiger partial charge in [-0.25, -0.2) is 4.98 Å². The minimum absolute atomic E-state index is 0.0633. The van der Waals surface area contributed by atoms with Gasteiger partial charge in [0, 0.05) is 7.05 Å². The molecule has 5 nitrogen and oxygen atoms in total. The van der Waals surface area contributed by atoms with E-state index < -0.39 is 0 Å². The number of hydrogen-bond acceptors (Lipinski definition) is 3. The fourth-order valence-electron chi connectivity index (χ4n) is 1.64. The third-order valence-corrected chi connectivity index (χ3v) is 2.81. The normalized spacial score (nSPS) is 16.6. The van der Waals surface area contributed by atoms with Crippen molar-refractivity contribution >= 4 is 23.4 Å². The monoisotopic (exact) mass is 253 g/mol. The molecule has 0 N–H and O–H groups in total. The lowest BCUT2D eigenvalue weighted by Gasteiger charge is -2.31. The molecular formula is C11H12ClN3O2. The number of amides is 2. The molecule has 1 aliphatic heterocycles. The van der Waals surface area contributed by atoms with Crippen LogP contribution in [0.4, 0.5) is 0 Å². The van der Waals surface area contributed by atoms with Gasteiger partial charge in [-0.1, -0.05) is 17.7 Å². The number of nitrogens with zero attached hydrogens (tertiary/aromatic N) is 3. The van der Waals surface area contributed by atoms with Gasteiger partial charge in [0.2, 0.25) is 11.8 Å². The summed E-state index contributed by atoms with van der Waals surface area (Å²) in [5, 5.41) is 0.385. The van der Waals surface area contributed by atoms with Gasteiger partial charge in [0.05, 0.1) is 18.8 Å². The summed E-state index contributed by atoms with van der Waals surface area (Å²) in [6, 6.07) is 5.22. The first-order valence-electron chi connectivity index (χ1n) is 5.19. The average Bonchev–Trinajstić information content (AvgIpc) is 2.26. The van der Waals surface area contributed by atoms with Crippen LogP contribution >= 0.6 is 11.6 Å². The van der Waals surface area contributed by atoms with E-state index in [2.05, 4.69) is 4.98 Å². The quantitative estimate of drug-likeness (QED) is 0.723. The number of hydrogen-bond donors (Lipinski definition) is 0. The molecule has 1 aromatic heterocycles. The predicted molar refractivity (Wildman–Crippen MR) is 62.3 cm³/mol. The molecule has 0 aromatic carbocycles. The fraction of sp³-hybridized carbons (Fsp3) is 0.364. The number of rotatable bonds is 2. The van der Waals surface area contributed by atoms with E-state index in [1.165, 1.54) is 9.80 Å². The molecule has 0 spiro atoms. The number of carbonyl (C=O) groups excluding carboxylic acids is 2. The Balaban J connectivity index is 2.08. The smallest absolute Gasteiger partial charge is 0.243 e. The third kappa shape index (κ3) is 2.74. The Bertz CT molecular complexity index is 464. The Hall–Kier alpha value is -1.62. The molecule has 1 aliphatic rings. The molecule has 2 rings (SSSR count). The summed E-state index contributed by atoms with van der Waals surface area (Å²) >= 11 is 5.76. The number of carbonyl (C=O) groups is 2. The molecular weight excluding hydrogens is 242 g/mol. The molecule has 90 valence electrons. The molecule has 1 saturated heterocycles. The van der Waals surface area contributed by atoms with Gasteiger partial charge in [0.15, 0.2) is 0 Å². The number of piperazine rings is 1. The summed E-state index contributed by atoms with van der Waals surface area (Å²) in [7, 11) is 1.62. The van der Waals surface area contributed by atoms with Crippen LogP contribution in [0.1, 0.15) is 5.69 Å². The summed E-state index contributed by atoms with van der Waals surface area (Å²) in [5.74, 6) is -0.138. The lowest BCUT2D eigenvalue weighted by molar-refractivity contribution is -0.149. The molecule has 1 aromatic rings. The highest BCUT2D eigenvalue weighted by Gasteiger charge is 2.27. The second-order valence-corrected chi connectivity index (χ2v) is 4.34. The Labute approximate surface area is 104 Å². The summed E-state index contributed by atoms with van der Waals surface area (Å²) in [5.41, 5.74) is 0.684. The van der Waals surface area contributed by atoms with E-state index in [9.17, 15) is 9.59 Å². The zero-order valence-corrected chi connectivity index (χ0v) is 10.1. The number of aromatic nitrogens is 1. The molecule has 0 radical (unpaired) electrons. The number of likely N-dealkylation sites (N-methyl/N-ethyl adjacent to an activating group) is 1. The molecule has 6 heteroatoms. The molecule has 2 amide bonds. The van der Waals surface area contributed by atoms with Crippen molar-refractivity contribution in [2.24, 2.45) is 0 Å². The van der Waals surface area contributed by atoms with Crippen LogP contribution in [0.2, 0.25) is 5.15 Å². The van der Waals surface area contributed by atoms with E-state index in [-0.39, 0.29) is 24.9 Å². The van der Waals surface area contributed by atoms with E-state index in [1.807, 2.05) is 0 Å². The average molecular weight is 254 g/mol. The van der Waals surface area contributed by atoms with Crippen LogP contribution in [0.15, 0.2) is 18.2 Å². The largest absolute Gasteiger partial charge is 0.335 e. The molecule has 0 atom stereocenters. The summed E-state index contributed by atoms with van der Waals surface area (Å²) < 4.78 is 0. The predicted octanol–water partition coefficient (Wildman–Crippen LogP) is 0.536. The molecule has 0 aliphatic carbocycles. The Morgan fingerprint density at radius 1 is 1.29 bits per heavy atom. The van der Waals surface area contributed by atoms with Gasteiger partial charge < -0.3 is 9.80 Å². The van der Waals surface area contributed by atoms with E-state index in [0.29, 0.717) is 17.4 Å². The van der Waals surface area contributed by atoms with Crippen LogP contribution in [0.3, 0.4) is 0 Å². The van der Waals surface area contributed by atoms with Crippen molar-refractivity contribution in [3.05, 3.63) is 29.0 Å². The molecule has 0 bridgehead atoms. The number of pyridine rings is 1. The molecule has 1 fully saturated rings. The maximum atomic E-state index is 11.7. The van der Waals surface area contributed by atoms with Crippen LogP contribution in [-0.2, 0) is 16.1 Å². The summed E-state index contributed by atoms with van der Waals surface area (Å²) in [4.78, 5) is 30.2. The standard InChI is InChI=1S/C11H12ClN3O2/c1-14-6-11(17)15(7-10(14)16)5-8-3-2-4-9(12)13-8/h2-4H,5-7H2,1H3. The zero-order valence-electron chi connectivity index (χ0n) is 9.39. The Kier molecular flexibility index (Phi) is 3.28. The van der Waals surface area contributed by atoms with Crippen LogP contribution in [0.5, 0.6) is 0 Å². The van der Waals surface area contributed by atoms with Gasteiger partial charge in [-0.2, -0.15) is 0 Å². The highest BCUT2D eigenvalue weighted by molar-refractivity contribution is 6.29. The summed E-state index contributed by atoms with van der Waals surface area (Å²) in [6.07, 6.45) is 0. The third-order valence-electron chi connectivity index (χ3n) is 2.60. The van der Waals surface area contributed by atoms with Gasteiger partial charge >= 0.3 is 0 Å². The summed E-state index contributed by atoms with van der Waals surface area (Å²) in [6.45, 7) is 0.544. The van der Waals surface area contributed by atoms with Crippen molar-refractivity contribution < 1.29 is 9.59 Å². The van der Waals surface area contributed by atoms with E-state index in [1.54, 1.807) is 25.2 Å². The lowest BCUT2D eigenvalue weighted by atomic mass is 10.2. The maximum absolute atomic E-state index is 11.7. The first-order valence-corrected chi connectivity index (χ1v) is 5.57. The zero-order chi connectivity index (χ0) is 12.4. The second kappa shape index (κ2) is 4.71. The van der Waals surface area contributed by atoms with Gasteiger partial charge in [-0.15, -0.1) is 0 Å². The Morgan fingerprint density at radius 2 is 2.06 bits per heavy atom. The van der Waals surface area contributed by atoms with E-state index >= 15 is 0 Å². The van der Waals surface area contributed by atoms with E-state index in [4.69, 9.17) is 11.6 Å². The molecule has 17 heavy (non-hydrogen) atoms. The van der Waals surface area contributed by atoms with Gasteiger partial charge in [0.25, 0.3) is 0 Å². The highest BCUT2D eigenvalue weighted by atomic mass is 35.5. The van der Waals surface area contributed by atoms with Crippen molar-refractivity contribution in [3.8, 4) is 0 Å². The second-order valence-electron chi connectivity index (χ2n) is 3.95. The SMILES string of the molecule is CN1CC(=O)N(Cc2cccc(Cl)n2)CC1=O. The first kappa shape index (κ1) is 11.9. The number of halogens is 1. The van der Waals surface area contributed by atoms with Gasteiger partial charge in [-0.3, -0.25) is 9.59 Å². The van der Waals surface area contributed by atoms with Gasteiger partial charge in [0.1, 0.15) is 11.7 Å². The highest BCUT2D eigenvalue weighted by Crippen LogP contribution is 2.10. The van der Waals surface area contributed by atoms with Crippen molar-refractivity contribution in [3.63, 3.8) is 0 Å². The van der Waals surface area contributed by atoms with Crippen LogP contribution in [0, 0.1) is 0 Å².